The van der Waals surface area contributed by atoms with Gasteiger partial charge in [-0.15, -0.1) is 0 Å². The average molecular weight is 426 g/mol. The van der Waals surface area contributed by atoms with E-state index in [1.165, 1.54) is 41.1 Å². The largest absolute Gasteiger partial charge is 0.337 e. The van der Waals surface area contributed by atoms with E-state index in [0.717, 1.165) is 12.1 Å². The van der Waals surface area contributed by atoms with E-state index < -0.39 is 27.4 Å². The molecule has 0 saturated carbocycles. The molecule has 8 heteroatoms. The van der Waals surface area contributed by atoms with Crippen LogP contribution in [0, 0.1) is 11.6 Å². The lowest BCUT2D eigenvalue weighted by Gasteiger charge is -2.07. The van der Waals surface area contributed by atoms with E-state index in [0.29, 0.717) is 16.6 Å². The third kappa shape index (κ3) is 3.81. The van der Waals surface area contributed by atoms with Crippen LogP contribution < -0.4 is 5.32 Å². The molecule has 3 aromatic carbocycles. The van der Waals surface area contributed by atoms with Gasteiger partial charge in [0, 0.05) is 22.8 Å². The number of carbonyl (C=O) groups is 1. The molecule has 0 atom stereocenters. The van der Waals surface area contributed by atoms with Crippen LogP contribution in [0.4, 0.5) is 14.5 Å². The Balaban J connectivity index is 1.70. The highest BCUT2D eigenvalue weighted by molar-refractivity contribution is 7.91. The summed E-state index contributed by atoms with van der Waals surface area (Å²) in [7, 11) is -3.93. The van der Waals surface area contributed by atoms with Gasteiger partial charge in [0.25, 0.3) is 0 Å². The molecule has 0 radical (unpaired) electrons. The van der Waals surface area contributed by atoms with Gasteiger partial charge in [0.15, 0.2) is 0 Å². The van der Waals surface area contributed by atoms with Crippen molar-refractivity contribution in [3.63, 3.8) is 0 Å². The summed E-state index contributed by atoms with van der Waals surface area (Å²) in [6.07, 6.45) is 1.38. The lowest BCUT2D eigenvalue weighted by Crippen LogP contribution is -2.18. The fourth-order valence-electron chi connectivity index (χ4n) is 3.22. The van der Waals surface area contributed by atoms with Crippen molar-refractivity contribution in [2.75, 3.05) is 5.32 Å². The Morgan fingerprint density at radius 3 is 2.37 bits per heavy atom. The van der Waals surface area contributed by atoms with E-state index in [2.05, 4.69) is 5.32 Å². The standard InChI is InChI=1S/C22H16F2N2O3S/c23-15-8-10-18(11-9-15)30(28,29)21-13-26(20-7-2-1-6-19(20)21)14-22(27)25-17-5-3-4-16(24)12-17/h1-13H,14H2,(H,25,27). The molecule has 0 aliphatic heterocycles. The first-order valence-corrected chi connectivity index (χ1v) is 10.5. The number of anilines is 1. The number of halogens is 2. The molecule has 4 rings (SSSR count). The fourth-order valence-corrected chi connectivity index (χ4v) is 4.70. The fraction of sp³-hybridized carbons (Fsp3) is 0.0455. The normalized spacial score (nSPS) is 11.5. The molecule has 0 bridgehead atoms. The van der Waals surface area contributed by atoms with Crippen molar-refractivity contribution in [3.05, 3.63) is 90.6 Å². The molecular weight excluding hydrogens is 410 g/mol. The molecule has 1 N–H and O–H groups in total. The van der Waals surface area contributed by atoms with Crippen molar-refractivity contribution in [1.82, 2.24) is 4.57 Å². The van der Waals surface area contributed by atoms with Crippen molar-refractivity contribution < 1.29 is 22.0 Å². The summed E-state index contributed by atoms with van der Waals surface area (Å²) < 4.78 is 54.3. The summed E-state index contributed by atoms with van der Waals surface area (Å²) in [6.45, 7) is -0.171. The second kappa shape index (κ2) is 7.72. The molecule has 0 saturated heterocycles. The van der Waals surface area contributed by atoms with Crippen LogP contribution in [-0.4, -0.2) is 18.9 Å². The quantitative estimate of drug-likeness (QED) is 0.481. The molecule has 152 valence electrons. The maximum atomic E-state index is 13.3. The van der Waals surface area contributed by atoms with E-state index >= 15 is 0 Å². The number of aromatic nitrogens is 1. The van der Waals surface area contributed by atoms with Crippen molar-refractivity contribution in [1.29, 1.82) is 0 Å². The summed E-state index contributed by atoms with van der Waals surface area (Å²) in [4.78, 5) is 12.4. The highest BCUT2D eigenvalue weighted by atomic mass is 32.2. The molecule has 1 aromatic heterocycles. The number of carbonyl (C=O) groups excluding carboxylic acids is 1. The van der Waals surface area contributed by atoms with Crippen molar-refractivity contribution in [2.24, 2.45) is 0 Å². The number of nitrogens with one attached hydrogen (secondary N) is 1. The number of hydrogen-bond donors (Lipinski definition) is 1. The number of amides is 1. The van der Waals surface area contributed by atoms with Gasteiger partial charge in [-0.05, 0) is 48.5 Å². The van der Waals surface area contributed by atoms with Gasteiger partial charge in [0.2, 0.25) is 15.7 Å². The van der Waals surface area contributed by atoms with Crippen LogP contribution in [0.1, 0.15) is 0 Å². The van der Waals surface area contributed by atoms with Crippen LogP contribution in [-0.2, 0) is 21.2 Å². The summed E-state index contributed by atoms with van der Waals surface area (Å²) >= 11 is 0. The Hall–Kier alpha value is -3.52. The average Bonchev–Trinajstić information content (AvgIpc) is 3.07. The predicted molar refractivity (Wildman–Crippen MR) is 109 cm³/mol. The van der Waals surface area contributed by atoms with Crippen LogP contribution in [0.25, 0.3) is 10.9 Å². The highest BCUT2D eigenvalue weighted by Gasteiger charge is 2.24. The summed E-state index contributed by atoms with van der Waals surface area (Å²) in [5, 5.41) is 3.04. The summed E-state index contributed by atoms with van der Waals surface area (Å²) in [5.74, 6) is -1.45. The molecule has 0 aliphatic rings. The molecule has 0 aliphatic carbocycles. The lowest BCUT2D eigenvalue weighted by atomic mass is 10.2. The first-order valence-electron chi connectivity index (χ1n) is 8.98. The van der Waals surface area contributed by atoms with Gasteiger partial charge >= 0.3 is 0 Å². The van der Waals surface area contributed by atoms with Gasteiger partial charge in [-0.3, -0.25) is 4.79 Å². The van der Waals surface area contributed by atoms with E-state index in [4.69, 9.17) is 0 Å². The van der Waals surface area contributed by atoms with Gasteiger partial charge < -0.3 is 9.88 Å². The Labute approximate surface area is 171 Å². The minimum absolute atomic E-state index is 0.0169. The SMILES string of the molecule is O=C(Cn1cc(S(=O)(=O)c2ccc(F)cc2)c2ccccc21)Nc1cccc(F)c1. The second-order valence-corrected chi connectivity index (χ2v) is 8.57. The molecule has 0 spiro atoms. The highest BCUT2D eigenvalue weighted by Crippen LogP contribution is 2.30. The lowest BCUT2D eigenvalue weighted by molar-refractivity contribution is -0.116. The number of rotatable bonds is 5. The number of sulfone groups is 1. The summed E-state index contributed by atoms with van der Waals surface area (Å²) in [5.41, 5.74) is 0.850. The Morgan fingerprint density at radius 2 is 1.63 bits per heavy atom. The van der Waals surface area contributed by atoms with Crippen LogP contribution >= 0.6 is 0 Å². The van der Waals surface area contributed by atoms with Crippen LogP contribution in [0.15, 0.2) is 88.8 Å². The zero-order chi connectivity index (χ0) is 21.3. The zero-order valence-electron chi connectivity index (χ0n) is 15.5. The van der Waals surface area contributed by atoms with Crippen LogP contribution in [0.3, 0.4) is 0 Å². The summed E-state index contributed by atoms with van der Waals surface area (Å²) in [6, 6.07) is 16.8. The zero-order valence-corrected chi connectivity index (χ0v) is 16.4. The van der Waals surface area contributed by atoms with E-state index in [1.807, 2.05) is 0 Å². The first-order chi connectivity index (χ1) is 14.3. The molecule has 5 nitrogen and oxygen atoms in total. The van der Waals surface area contributed by atoms with Crippen molar-refractivity contribution in [3.8, 4) is 0 Å². The molecule has 1 amide bonds. The van der Waals surface area contributed by atoms with Crippen molar-refractivity contribution in [2.45, 2.75) is 16.3 Å². The van der Waals surface area contributed by atoms with Crippen molar-refractivity contribution >= 4 is 32.3 Å². The second-order valence-electron chi connectivity index (χ2n) is 6.65. The maximum absolute atomic E-state index is 13.3. The van der Waals surface area contributed by atoms with E-state index in [1.54, 1.807) is 30.3 Å². The van der Waals surface area contributed by atoms with Gasteiger partial charge in [-0.2, -0.15) is 0 Å². The number of para-hydroxylation sites is 1. The number of fused-ring (bicyclic) bond motifs is 1. The first kappa shape index (κ1) is 19.8. The Bertz CT molecular complexity index is 1350. The minimum Gasteiger partial charge on any atom is -0.337 e. The van der Waals surface area contributed by atoms with Gasteiger partial charge in [0.05, 0.1) is 9.79 Å². The van der Waals surface area contributed by atoms with Gasteiger partial charge in [-0.25, -0.2) is 17.2 Å². The van der Waals surface area contributed by atoms with Gasteiger partial charge in [0.1, 0.15) is 18.2 Å². The number of benzene rings is 3. The van der Waals surface area contributed by atoms with Crippen LogP contribution in [0.5, 0.6) is 0 Å². The monoisotopic (exact) mass is 426 g/mol. The predicted octanol–water partition coefficient (Wildman–Crippen LogP) is 4.39. The number of hydrogen-bond acceptors (Lipinski definition) is 3. The maximum Gasteiger partial charge on any atom is 0.244 e. The van der Waals surface area contributed by atoms with E-state index in [9.17, 15) is 22.0 Å². The van der Waals surface area contributed by atoms with E-state index in [-0.39, 0.29) is 16.3 Å². The Morgan fingerprint density at radius 1 is 0.900 bits per heavy atom. The molecule has 1 heterocycles. The number of nitrogens with zero attached hydrogens (tertiary/aromatic N) is 1. The Kier molecular flexibility index (Phi) is 5.09. The molecule has 30 heavy (non-hydrogen) atoms. The molecule has 0 unspecified atom stereocenters. The minimum atomic E-state index is -3.93. The topological polar surface area (TPSA) is 68.2 Å². The molecule has 4 aromatic rings. The smallest absolute Gasteiger partial charge is 0.244 e. The molecule has 0 fully saturated rings. The van der Waals surface area contributed by atoms with Gasteiger partial charge in [-0.1, -0.05) is 24.3 Å². The third-order valence-corrected chi connectivity index (χ3v) is 6.38. The van der Waals surface area contributed by atoms with Crippen LogP contribution in [0.2, 0.25) is 0 Å². The molecular formula is C22H16F2N2O3S. The third-order valence-electron chi connectivity index (χ3n) is 4.59.